The van der Waals surface area contributed by atoms with Crippen molar-refractivity contribution in [3.8, 4) is 0 Å². The Labute approximate surface area is 118 Å². The summed E-state index contributed by atoms with van der Waals surface area (Å²) in [5, 5.41) is 6.10. The van der Waals surface area contributed by atoms with Crippen molar-refractivity contribution < 1.29 is 4.79 Å². The van der Waals surface area contributed by atoms with Gasteiger partial charge < -0.3 is 4.90 Å². The lowest BCUT2D eigenvalue weighted by molar-refractivity contribution is -0.130. The molecule has 0 saturated carbocycles. The van der Waals surface area contributed by atoms with Crippen LogP contribution in [-0.4, -0.2) is 27.6 Å². The van der Waals surface area contributed by atoms with Crippen LogP contribution in [0.2, 0.25) is 0 Å². The number of carbonyl (C=O) groups is 1. The van der Waals surface area contributed by atoms with Crippen molar-refractivity contribution >= 4 is 33.2 Å². The van der Waals surface area contributed by atoms with Crippen LogP contribution in [-0.2, 0) is 17.9 Å². The van der Waals surface area contributed by atoms with E-state index in [1.54, 1.807) is 27.1 Å². The molecule has 0 aliphatic heterocycles. The monoisotopic (exact) mass is 327 g/mol. The van der Waals surface area contributed by atoms with Gasteiger partial charge in [-0.25, -0.2) is 0 Å². The third-order valence-electron chi connectivity index (χ3n) is 2.55. The second-order valence-corrected chi connectivity index (χ2v) is 5.91. The van der Waals surface area contributed by atoms with Gasteiger partial charge >= 0.3 is 0 Å². The summed E-state index contributed by atoms with van der Waals surface area (Å²) in [6.45, 7) is 1.29. The minimum Gasteiger partial charge on any atom is -0.341 e. The molecule has 1 amide bonds. The molecule has 4 nitrogen and oxygen atoms in total. The number of thiophene rings is 1. The molecule has 0 saturated heterocycles. The van der Waals surface area contributed by atoms with Gasteiger partial charge in [-0.05, 0) is 28.1 Å². The molecule has 6 heteroatoms. The summed E-state index contributed by atoms with van der Waals surface area (Å²) in [6, 6.07) is 3.90. The van der Waals surface area contributed by atoms with E-state index in [-0.39, 0.29) is 5.91 Å². The highest BCUT2D eigenvalue weighted by atomic mass is 79.9. The number of hydrogen-bond donors (Lipinski definition) is 0. The van der Waals surface area contributed by atoms with Crippen molar-refractivity contribution in [1.29, 1.82) is 0 Å². The van der Waals surface area contributed by atoms with E-state index in [1.165, 1.54) is 4.88 Å². The van der Waals surface area contributed by atoms with Gasteiger partial charge in [-0.2, -0.15) is 5.10 Å². The maximum atomic E-state index is 11.9. The van der Waals surface area contributed by atoms with Crippen molar-refractivity contribution in [2.24, 2.45) is 0 Å². The molecule has 0 aliphatic rings. The molecule has 2 rings (SSSR count). The van der Waals surface area contributed by atoms with E-state index in [0.29, 0.717) is 19.5 Å². The first-order chi connectivity index (χ1) is 8.65. The largest absolute Gasteiger partial charge is 0.341 e. The molecule has 0 atom stereocenters. The van der Waals surface area contributed by atoms with E-state index in [9.17, 15) is 4.79 Å². The number of aromatic nitrogens is 2. The minimum absolute atomic E-state index is 0.134. The van der Waals surface area contributed by atoms with Gasteiger partial charge in [-0.1, -0.05) is 0 Å². The smallest absolute Gasteiger partial charge is 0.224 e. The number of carbonyl (C=O) groups excluding carboxylic acids is 1. The summed E-state index contributed by atoms with van der Waals surface area (Å²) in [5.41, 5.74) is 0. The summed E-state index contributed by atoms with van der Waals surface area (Å²) in [4.78, 5) is 14.9. The van der Waals surface area contributed by atoms with Crippen LogP contribution in [0.1, 0.15) is 11.3 Å². The Morgan fingerprint density at radius 3 is 3.06 bits per heavy atom. The Morgan fingerprint density at radius 1 is 1.61 bits per heavy atom. The normalized spacial score (nSPS) is 10.6. The fraction of sp³-hybridized carbons (Fsp3) is 0.333. The van der Waals surface area contributed by atoms with Crippen molar-refractivity contribution in [3.63, 3.8) is 0 Å². The Bertz CT molecular complexity index is 509. The number of hydrogen-bond acceptors (Lipinski definition) is 3. The van der Waals surface area contributed by atoms with Crippen LogP contribution >= 0.6 is 27.3 Å². The molecule has 0 aromatic carbocycles. The molecule has 2 aromatic heterocycles. The molecule has 0 aliphatic carbocycles. The van der Waals surface area contributed by atoms with Crippen LogP contribution < -0.4 is 0 Å². The molecule has 0 spiro atoms. The maximum absolute atomic E-state index is 11.9. The van der Waals surface area contributed by atoms with Gasteiger partial charge in [-0.3, -0.25) is 9.48 Å². The molecular formula is C12H14BrN3OS. The van der Waals surface area contributed by atoms with Gasteiger partial charge in [0.15, 0.2) is 0 Å². The number of aryl methyl sites for hydroxylation is 1. The van der Waals surface area contributed by atoms with Crippen LogP contribution in [0.5, 0.6) is 0 Å². The first-order valence-electron chi connectivity index (χ1n) is 5.59. The highest BCUT2D eigenvalue weighted by Gasteiger charge is 2.10. The van der Waals surface area contributed by atoms with Crippen molar-refractivity contribution in [1.82, 2.24) is 14.7 Å². The molecule has 0 bridgehead atoms. The number of halogens is 1. The van der Waals surface area contributed by atoms with Gasteiger partial charge in [0.05, 0.1) is 6.54 Å². The standard InChI is InChI=1S/C12H14BrN3OS/c1-15(8-11-7-10(13)9-18-11)12(17)3-6-16-5-2-4-14-16/h2,4-5,7,9H,3,6,8H2,1H3. The lowest BCUT2D eigenvalue weighted by Gasteiger charge is -2.16. The third kappa shape index (κ3) is 3.68. The lowest BCUT2D eigenvalue weighted by atomic mass is 10.3. The van der Waals surface area contributed by atoms with E-state index >= 15 is 0 Å². The van der Waals surface area contributed by atoms with Gasteiger partial charge in [0, 0.05) is 47.1 Å². The van der Waals surface area contributed by atoms with Crippen molar-refractivity contribution in [2.45, 2.75) is 19.5 Å². The predicted molar refractivity (Wildman–Crippen MR) is 75.3 cm³/mol. The fourth-order valence-corrected chi connectivity index (χ4v) is 3.10. The molecule has 96 valence electrons. The Balaban J connectivity index is 1.81. The molecule has 0 unspecified atom stereocenters. The van der Waals surface area contributed by atoms with E-state index in [1.807, 2.05) is 30.8 Å². The minimum atomic E-state index is 0.134. The summed E-state index contributed by atoms with van der Waals surface area (Å²) in [7, 11) is 1.83. The van der Waals surface area contributed by atoms with Crippen molar-refractivity contribution in [3.05, 3.63) is 39.3 Å². The SMILES string of the molecule is CN(Cc1cc(Br)cs1)C(=O)CCn1cccn1. The highest BCUT2D eigenvalue weighted by Crippen LogP contribution is 2.20. The second kappa shape index (κ2) is 6.15. The molecule has 0 radical (unpaired) electrons. The zero-order valence-corrected chi connectivity index (χ0v) is 12.4. The third-order valence-corrected chi connectivity index (χ3v) is 4.24. The Morgan fingerprint density at radius 2 is 2.44 bits per heavy atom. The second-order valence-electron chi connectivity index (χ2n) is 4.00. The Kier molecular flexibility index (Phi) is 4.54. The first kappa shape index (κ1) is 13.3. The van der Waals surface area contributed by atoms with Gasteiger partial charge in [0.25, 0.3) is 0 Å². The molecule has 0 N–H and O–H groups in total. The quantitative estimate of drug-likeness (QED) is 0.846. The van der Waals surface area contributed by atoms with Gasteiger partial charge in [-0.15, -0.1) is 11.3 Å². The zero-order valence-electron chi connectivity index (χ0n) is 10.0. The predicted octanol–water partition coefficient (Wildman–Crippen LogP) is 2.76. The fourth-order valence-electron chi connectivity index (χ4n) is 1.59. The highest BCUT2D eigenvalue weighted by molar-refractivity contribution is 9.10. The van der Waals surface area contributed by atoms with Gasteiger partial charge in [0.2, 0.25) is 5.91 Å². The van der Waals surface area contributed by atoms with E-state index in [4.69, 9.17) is 0 Å². The van der Waals surface area contributed by atoms with E-state index < -0.39 is 0 Å². The topological polar surface area (TPSA) is 38.1 Å². The number of amides is 1. The average Bonchev–Trinajstić information content (AvgIpc) is 2.97. The zero-order chi connectivity index (χ0) is 13.0. The van der Waals surface area contributed by atoms with Crippen LogP contribution in [0.25, 0.3) is 0 Å². The maximum Gasteiger partial charge on any atom is 0.224 e. The average molecular weight is 328 g/mol. The first-order valence-corrected chi connectivity index (χ1v) is 7.27. The van der Waals surface area contributed by atoms with Crippen LogP contribution in [0.4, 0.5) is 0 Å². The van der Waals surface area contributed by atoms with E-state index in [2.05, 4.69) is 21.0 Å². The summed E-state index contributed by atoms with van der Waals surface area (Å²) in [6.07, 6.45) is 4.06. The van der Waals surface area contributed by atoms with E-state index in [0.717, 1.165) is 4.47 Å². The van der Waals surface area contributed by atoms with Crippen LogP contribution in [0, 0.1) is 0 Å². The molecule has 2 aromatic rings. The number of rotatable bonds is 5. The molecule has 2 heterocycles. The molecule has 0 fully saturated rings. The van der Waals surface area contributed by atoms with Crippen LogP contribution in [0.15, 0.2) is 34.4 Å². The Hall–Kier alpha value is -1.14. The molecular weight excluding hydrogens is 314 g/mol. The van der Waals surface area contributed by atoms with Crippen LogP contribution in [0.3, 0.4) is 0 Å². The summed E-state index contributed by atoms with van der Waals surface area (Å²) < 4.78 is 2.84. The summed E-state index contributed by atoms with van der Waals surface area (Å²) >= 11 is 5.06. The number of nitrogens with zero attached hydrogens (tertiary/aromatic N) is 3. The summed E-state index contributed by atoms with van der Waals surface area (Å²) in [5.74, 6) is 0.134. The lowest BCUT2D eigenvalue weighted by Crippen LogP contribution is -2.26. The van der Waals surface area contributed by atoms with Crippen molar-refractivity contribution in [2.75, 3.05) is 7.05 Å². The molecule has 18 heavy (non-hydrogen) atoms. The van der Waals surface area contributed by atoms with Gasteiger partial charge in [0.1, 0.15) is 0 Å².